The molecule has 3 heteroatoms. The number of hydrogen-bond acceptors (Lipinski definition) is 2. The van der Waals surface area contributed by atoms with Gasteiger partial charge in [0.25, 0.3) is 0 Å². The van der Waals surface area contributed by atoms with Gasteiger partial charge in [0.05, 0.1) is 0 Å². The summed E-state index contributed by atoms with van der Waals surface area (Å²) in [5.41, 5.74) is 5.67. The Balaban J connectivity index is 1.53. The van der Waals surface area contributed by atoms with E-state index in [2.05, 4.69) is 5.32 Å². The highest BCUT2D eigenvalue weighted by molar-refractivity contribution is 5.76. The SMILES string of the molecule is NC1CC(CNC(=O)CC2CCC2)C1. The van der Waals surface area contributed by atoms with Crippen LogP contribution in [0.1, 0.15) is 38.5 Å². The molecule has 2 rings (SSSR count). The van der Waals surface area contributed by atoms with E-state index in [4.69, 9.17) is 5.73 Å². The van der Waals surface area contributed by atoms with Gasteiger partial charge in [0, 0.05) is 19.0 Å². The van der Waals surface area contributed by atoms with Gasteiger partial charge in [-0.2, -0.15) is 0 Å². The first-order valence-corrected chi connectivity index (χ1v) is 5.76. The zero-order valence-corrected chi connectivity index (χ0v) is 8.67. The van der Waals surface area contributed by atoms with Crippen molar-refractivity contribution >= 4 is 5.91 Å². The molecule has 0 bridgehead atoms. The van der Waals surface area contributed by atoms with Gasteiger partial charge in [-0.15, -0.1) is 0 Å². The number of amides is 1. The Kier molecular flexibility index (Phi) is 3.06. The van der Waals surface area contributed by atoms with Gasteiger partial charge in [0.2, 0.25) is 5.91 Å². The summed E-state index contributed by atoms with van der Waals surface area (Å²) in [6, 6.07) is 0.392. The Morgan fingerprint density at radius 2 is 2.00 bits per heavy atom. The number of hydrogen-bond donors (Lipinski definition) is 2. The van der Waals surface area contributed by atoms with Crippen molar-refractivity contribution in [3.8, 4) is 0 Å². The zero-order chi connectivity index (χ0) is 9.97. The van der Waals surface area contributed by atoms with Gasteiger partial charge in [0.15, 0.2) is 0 Å². The summed E-state index contributed by atoms with van der Waals surface area (Å²) in [4.78, 5) is 11.4. The molecule has 0 unspecified atom stereocenters. The predicted molar refractivity (Wildman–Crippen MR) is 55.7 cm³/mol. The number of rotatable bonds is 4. The Labute approximate surface area is 85.4 Å². The van der Waals surface area contributed by atoms with Crippen LogP contribution in [0.25, 0.3) is 0 Å². The molecular weight excluding hydrogens is 176 g/mol. The third-order valence-electron chi connectivity index (χ3n) is 3.56. The quantitative estimate of drug-likeness (QED) is 0.705. The lowest BCUT2D eigenvalue weighted by Gasteiger charge is -2.32. The van der Waals surface area contributed by atoms with E-state index in [9.17, 15) is 4.79 Å². The Morgan fingerprint density at radius 1 is 1.29 bits per heavy atom. The molecule has 14 heavy (non-hydrogen) atoms. The van der Waals surface area contributed by atoms with Crippen LogP contribution in [0.4, 0.5) is 0 Å². The second kappa shape index (κ2) is 4.30. The Bertz CT molecular complexity index is 207. The molecule has 0 aromatic carbocycles. The number of carbonyl (C=O) groups is 1. The van der Waals surface area contributed by atoms with Gasteiger partial charge in [0.1, 0.15) is 0 Å². The molecule has 0 atom stereocenters. The van der Waals surface area contributed by atoms with Crippen molar-refractivity contribution in [1.29, 1.82) is 0 Å². The molecule has 80 valence electrons. The summed E-state index contributed by atoms with van der Waals surface area (Å²) in [6.45, 7) is 0.846. The topological polar surface area (TPSA) is 55.1 Å². The van der Waals surface area contributed by atoms with E-state index < -0.39 is 0 Å². The minimum absolute atomic E-state index is 0.246. The van der Waals surface area contributed by atoms with Crippen LogP contribution < -0.4 is 11.1 Å². The second-order valence-corrected chi connectivity index (χ2v) is 4.90. The first kappa shape index (κ1) is 9.97. The second-order valence-electron chi connectivity index (χ2n) is 4.90. The molecule has 0 aliphatic heterocycles. The molecule has 2 fully saturated rings. The molecule has 0 aromatic heterocycles. The van der Waals surface area contributed by atoms with Crippen LogP contribution in [0.2, 0.25) is 0 Å². The minimum atomic E-state index is 0.246. The van der Waals surface area contributed by atoms with Gasteiger partial charge < -0.3 is 11.1 Å². The van der Waals surface area contributed by atoms with Crippen LogP contribution in [0.15, 0.2) is 0 Å². The first-order chi connectivity index (χ1) is 6.74. The Hall–Kier alpha value is -0.570. The predicted octanol–water partition coefficient (Wildman–Crippen LogP) is 1.03. The zero-order valence-electron chi connectivity index (χ0n) is 8.67. The van der Waals surface area contributed by atoms with E-state index in [1.807, 2.05) is 0 Å². The smallest absolute Gasteiger partial charge is 0.220 e. The van der Waals surface area contributed by atoms with E-state index in [0.29, 0.717) is 17.9 Å². The van der Waals surface area contributed by atoms with Crippen molar-refractivity contribution in [3.05, 3.63) is 0 Å². The molecule has 2 aliphatic carbocycles. The number of carbonyl (C=O) groups excluding carboxylic acids is 1. The van der Waals surface area contributed by atoms with Crippen LogP contribution in [0, 0.1) is 11.8 Å². The summed E-state index contributed by atoms with van der Waals surface area (Å²) in [5.74, 6) is 1.57. The summed E-state index contributed by atoms with van der Waals surface area (Å²) in [7, 11) is 0. The fourth-order valence-electron chi connectivity index (χ4n) is 2.24. The fraction of sp³-hybridized carbons (Fsp3) is 0.909. The summed E-state index contributed by atoms with van der Waals surface area (Å²) < 4.78 is 0. The fourth-order valence-corrected chi connectivity index (χ4v) is 2.24. The lowest BCUT2D eigenvalue weighted by atomic mass is 9.80. The molecule has 3 N–H and O–H groups in total. The largest absolute Gasteiger partial charge is 0.356 e. The van der Waals surface area contributed by atoms with Crippen LogP contribution in [-0.2, 0) is 4.79 Å². The van der Waals surface area contributed by atoms with Crippen molar-refractivity contribution in [1.82, 2.24) is 5.32 Å². The molecule has 0 heterocycles. The Morgan fingerprint density at radius 3 is 2.50 bits per heavy atom. The van der Waals surface area contributed by atoms with Crippen LogP contribution in [0.5, 0.6) is 0 Å². The molecule has 1 amide bonds. The third-order valence-corrected chi connectivity index (χ3v) is 3.56. The van der Waals surface area contributed by atoms with Crippen molar-refractivity contribution < 1.29 is 4.79 Å². The third kappa shape index (κ3) is 2.47. The molecule has 0 spiro atoms. The highest BCUT2D eigenvalue weighted by Crippen LogP contribution is 2.29. The van der Waals surface area contributed by atoms with E-state index in [0.717, 1.165) is 25.8 Å². The molecule has 2 aliphatic rings. The number of nitrogens with one attached hydrogen (secondary N) is 1. The molecule has 0 aromatic rings. The van der Waals surface area contributed by atoms with Crippen molar-refractivity contribution in [2.24, 2.45) is 17.6 Å². The van der Waals surface area contributed by atoms with Gasteiger partial charge in [-0.3, -0.25) is 4.79 Å². The van der Waals surface area contributed by atoms with Crippen molar-refractivity contribution in [2.45, 2.75) is 44.6 Å². The van der Waals surface area contributed by atoms with Crippen LogP contribution >= 0.6 is 0 Å². The summed E-state index contributed by atoms with van der Waals surface area (Å²) >= 11 is 0. The van der Waals surface area contributed by atoms with E-state index in [-0.39, 0.29) is 5.91 Å². The van der Waals surface area contributed by atoms with Crippen molar-refractivity contribution in [2.75, 3.05) is 6.54 Å². The monoisotopic (exact) mass is 196 g/mol. The maximum absolute atomic E-state index is 11.4. The van der Waals surface area contributed by atoms with Gasteiger partial charge >= 0.3 is 0 Å². The molecular formula is C11H20N2O. The first-order valence-electron chi connectivity index (χ1n) is 5.76. The number of nitrogens with two attached hydrogens (primary N) is 1. The minimum Gasteiger partial charge on any atom is -0.356 e. The molecule has 3 nitrogen and oxygen atoms in total. The van der Waals surface area contributed by atoms with Crippen LogP contribution in [-0.4, -0.2) is 18.5 Å². The average Bonchev–Trinajstić information content (AvgIpc) is 2.03. The van der Waals surface area contributed by atoms with Gasteiger partial charge in [-0.1, -0.05) is 6.42 Å². The summed E-state index contributed by atoms with van der Waals surface area (Å²) in [5, 5.41) is 3.01. The lowest BCUT2D eigenvalue weighted by molar-refractivity contribution is -0.122. The maximum Gasteiger partial charge on any atom is 0.220 e. The van der Waals surface area contributed by atoms with Gasteiger partial charge in [-0.25, -0.2) is 0 Å². The standard InChI is InChI=1S/C11H20N2O/c12-10-4-9(5-10)7-13-11(14)6-8-2-1-3-8/h8-10H,1-7,12H2,(H,13,14). The highest BCUT2D eigenvalue weighted by Gasteiger charge is 2.26. The van der Waals surface area contributed by atoms with E-state index >= 15 is 0 Å². The van der Waals surface area contributed by atoms with Crippen LogP contribution in [0.3, 0.4) is 0 Å². The average molecular weight is 196 g/mol. The van der Waals surface area contributed by atoms with Gasteiger partial charge in [-0.05, 0) is 37.5 Å². The molecule has 0 saturated heterocycles. The summed E-state index contributed by atoms with van der Waals surface area (Å²) in [6.07, 6.45) is 6.74. The molecule has 2 saturated carbocycles. The van der Waals surface area contributed by atoms with E-state index in [1.54, 1.807) is 0 Å². The molecule has 0 radical (unpaired) electrons. The highest BCUT2D eigenvalue weighted by atomic mass is 16.1. The maximum atomic E-state index is 11.4. The van der Waals surface area contributed by atoms with Crippen molar-refractivity contribution in [3.63, 3.8) is 0 Å². The normalized spacial score (nSPS) is 31.8. The van der Waals surface area contributed by atoms with E-state index in [1.165, 1.54) is 19.3 Å². The lowest BCUT2D eigenvalue weighted by Crippen LogP contribution is -2.43.